The van der Waals surface area contributed by atoms with Crippen molar-refractivity contribution in [3.63, 3.8) is 0 Å². The Hall–Kier alpha value is -4.14. The fourth-order valence-electron chi connectivity index (χ4n) is 3.86. The number of esters is 1. The van der Waals surface area contributed by atoms with E-state index >= 15 is 0 Å². The maximum atomic E-state index is 12.8. The number of carbonyl (C=O) groups is 3. The van der Waals surface area contributed by atoms with E-state index in [9.17, 15) is 9.59 Å². The van der Waals surface area contributed by atoms with E-state index in [1.54, 1.807) is 24.3 Å². The van der Waals surface area contributed by atoms with Crippen LogP contribution in [0.25, 0.3) is 11.3 Å². The lowest BCUT2D eigenvalue weighted by atomic mass is 10.0. The van der Waals surface area contributed by atoms with Crippen LogP contribution in [0, 0.1) is 0 Å². The molecule has 4 rings (SSSR count). The first-order chi connectivity index (χ1) is 16.0. The number of hydrogen-bond acceptors (Lipinski definition) is 5. The van der Waals surface area contributed by atoms with Gasteiger partial charge in [0.2, 0.25) is 0 Å². The number of benzene rings is 2. The van der Waals surface area contributed by atoms with Crippen LogP contribution in [0.1, 0.15) is 21.6 Å². The van der Waals surface area contributed by atoms with Gasteiger partial charge in [-0.15, -0.1) is 0 Å². The average Bonchev–Trinajstić information content (AvgIpc) is 3.00. The molecule has 1 aliphatic rings. The third-order valence-corrected chi connectivity index (χ3v) is 5.37. The van der Waals surface area contributed by atoms with Gasteiger partial charge in [-0.3, -0.25) is 9.48 Å². The summed E-state index contributed by atoms with van der Waals surface area (Å²) >= 11 is 0. The molecule has 2 amide bonds. The highest BCUT2D eigenvalue weighted by molar-refractivity contribution is 5.92. The van der Waals surface area contributed by atoms with Crippen LogP contribution in [0.4, 0.5) is 10.5 Å². The van der Waals surface area contributed by atoms with Crippen LogP contribution in [-0.2, 0) is 29.4 Å². The van der Waals surface area contributed by atoms with E-state index in [1.165, 1.54) is 12.7 Å². The number of anilines is 1. The summed E-state index contributed by atoms with van der Waals surface area (Å²) in [6.07, 6.45) is 1.47. The standard InChI is InChI=1S/C23H24N4O3.CH2O2/c1-26-21(16-6-4-3-5-7-16)19-12-14-27(15-13-20(19)25-26)23(29)24-18-10-8-17(9-11-18)22(28)30-2;2-1-3/h3-11H,12-15H2,1-2H3,(H,24,29);1H,(H,2,3). The minimum absolute atomic E-state index is 0.156. The predicted molar refractivity (Wildman–Crippen MR) is 123 cm³/mol. The number of carboxylic acid groups (broad SMARTS) is 1. The second-order valence-electron chi connectivity index (χ2n) is 7.36. The lowest BCUT2D eigenvalue weighted by molar-refractivity contribution is -0.122. The number of amides is 2. The molecule has 0 aliphatic carbocycles. The molecule has 0 spiro atoms. The summed E-state index contributed by atoms with van der Waals surface area (Å²) in [6.45, 7) is 0.967. The number of methoxy groups -OCH3 is 1. The number of aromatic nitrogens is 2. The number of carbonyl (C=O) groups excluding carboxylic acids is 2. The van der Waals surface area contributed by atoms with Crippen LogP contribution in [0.15, 0.2) is 54.6 Å². The highest BCUT2D eigenvalue weighted by atomic mass is 16.5. The van der Waals surface area contributed by atoms with E-state index in [2.05, 4.69) is 17.4 Å². The molecular formula is C24H26N4O5. The third-order valence-electron chi connectivity index (χ3n) is 5.37. The molecule has 33 heavy (non-hydrogen) atoms. The van der Waals surface area contributed by atoms with Crippen molar-refractivity contribution in [2.45, 2.75) is 12.8 Å². The van der Waals surface area contributed by atoms with Crippen molar-refractivity contribution in [2.75, 3.05) is 25.5 Å². The molecule has 0 fully saturated rings. The Bertz CT molecular complexity index is 1110. The fraction of sp³-hybridized carbons (Fsp3) is 0.250. The number of rotatable bonds is 3. The second kappa shape index (κ2) is 10.9. The highest BCUT2D eigenvalue weighted by Gasteiger charge is 2.24. The summed E-state index contributed by atoms with van der Waals surface area (Å²) in [6, 6.07) is 16.7. The van der Waals surface area contributed by atoms with Gasteiger partial charge in [0.25, 0.3) is 6.47 Å². The number of ether oxygens (including phenoxy) is 1. The number of nitrogens with one attached hydrogen (secondary N) is 1. The Morgan fingerprint density at radius 2 is 1.70 bits per heavy atom. The van der Waals surface area contributed by atoms with E-state index < -0.39 is 5.97 Å². The van der Waals surface area contributed by atoms with Gasteiger partial charge in [0.15, 0.2) is 0 Å². The Morgan fingerprint density at radius 3 is 2.33 bits per heavy atom. The monoisotopic (exact) mass is 450 g/mol. The van der Waals surface area contributed by atoms with Crippen LogP contribution < -0.4 is 5.32 Å². The molecule has 2 heterocycles. The van der Waals surface area contributed by atoms with Gasteiger partial charge in [-0.2, -0.15) is 5.10 Å². The molecular weight excluding hydrogens is 424 g/mol. The van der Waals surface area contributed by atoms with Crippen LogP contribution in [-0.4, -0.2) is 58.5 Å². The van der Waals surface area contributed by atoms with E-state index in [0.29, 0.717) is 30.8 Å². The van der Waals surface area contributed by atoms with E-state index in [1.807, 2.05) is 34.8 Å². The van der Waals surface area contributed by atoms with Gasteiger partial charge in [-0.1, -0.05) is 30.3 Å². The summed E-state index contributed by atoms with van der Waals surface area (Å²) in [5.41, 5.74) is 5.60. The van der Waals surface area contributed by atoms with Crippen molar-refractivity contribution in [3.8, 4) is 11.3 Å². The molecule has 1 aliphatic heterocycles. The smallest absolute Gasteiger partial charge is 0.337 e. The molecule has 0 radical (unpaired) electrons. The van der Waals surface area contributed by atoms with Crippen molar-refractivity contribution < 1.29 is 24.2 Å². The molecule has 3 aromatic rings. The van der Waals surface area contributed by atoms with Crippen molar-refractivity contribution >= 4 is 24.2 Å². The Kier molecular flexibility index (Phi) is 7.80. The largest absolute Gasteiger partial charge is 0.483 e. The lowest BCUT2D eigenvalue weighted by Crippen LogP contribution is -2.37. The van der Waals surface area contributed by atoms with Gasteiger partial charge < -0.3 is 20.1 Å². The first-order valence-corrected chi connectivity index (χ1v) is 10.4. The van der Waals surface area contributed by atoms with Gasteiger partial charge in [0.1, 0.15) is 0 Å². The van der Waals surface area contributed by atoms with Crippen LogP contribution in [0.5, 0.6) is 0 Å². The van der Waals surface area contributed by atoms with E-state index in [0.717, 1.165) is 23.4 Å². The van der Waals surface area contributed by atoms with Crippen molar-refractivity contribution in [1.29, 1.82) is 0 Å². The van der Waals surface area contributed by atoms with Crippen molar-refractivity contribution in [2.24, 2.45) is 7.05 Å². The summed E-state index contributed by atoms with van der Waals surface area (Å²) in [5.74, 6) is -0.403. The fourth-order valence-corrected chi connectivity index (χ4v) is 3.86. The molecule has 1 aromatic heterocycles. The summed E-state index contributed by atoms with van der Waals surface area (Å²) < 4.78 is 6.64. The molecule has 9 nitrogen and oxygen atoms in total. The number of urea groups is 1. The molecule has 0 bridgehead atoms. The molecule has 172 valence electrons. The quantitative estimate of drug-likeness (QED) is 0.468. The maximum Gasteiger partial charge on any atom is 0.337 e. The zero-order valence-corrected chi connectivity index (χ0v) is 18.5. The topological polar surface area (TPSA) is 114 Å². The van der Waals surface area contributed by atoms with Gasteiger partial charge >= 0.3 is 12.0 Å². The number of aryl methyl sites for hydroxylation is 1. The normalized spacial score (nSPS) is 12.5. The van der Waals surface area contributed by atoms with E-state index in [-0.39, 0.29) is 12.5 Å². The molecule has 0 saturated carbocycles. The summed E-state index contributed by atoms with van der Waals surface area (Å²) in [7, 11) is 3.31. The number of hydrogen-bond donors (Lipinski definition) is 2. The number of nitrogens with zero attached hydrogens (tertiary/aromatic N) is 3. The Balaban J connectivity index is 0.000000968. The maximum absolute atomic E-state index is 12.8. The SMILES string of the molecule is COC(=O)c1ccc(NC(=O)N2CCc3nn(C)c(-c4ccccc4)c3CC2)cc1.O=CO. The first kappa shape index (κ1) is 23.5. The predicted octanol–water partition coefficient (Wildman–Crippen LogP) is 3.21. The Morgan fingerprint density at radius 1 is 1.06 bits per heavy atom. The van der Waals surface area contributed by atoms with Crippen molar-refractivity contribution in [3.05, 3.63) is 71.4 Å². The molecule has 2 N–H and O–H groups in total. The molecule has 9 heteroatoms. The second-order valence-corrected chi connectivity index (χ2v) is 7.36. The molecule has 2 aromatic carbocycles. The van der Waals surface area contributed by atoms with Crippen LogP contribution in [0.3, 0.4) is 0 Å². The molecule has 0 atom stereocenters. The lowest BCUT2D eigenvalue weighted by Gasteiger charge is -2.21. The van der Waals surface area contributed by atoms with Crippen molar-refractivity contribution in [1.82, 2.24) is 14.7 Å². The average molecular weight is 450 g/mol. The van der Waals surface area contributed by atoms with Crippen LogP contribution >= 0.6 is 0 Å². The van der Waals surface area contributed by atoms with Gasteiger partial charge in [0, 0.05) is 43.4 Å². The minimum Gasteiger partial charge on any atom is -0.483 e. The Labute approximate surface area is 191 Å². The minimum atomic E-state index is -0.403. The highest BCUT2D eigenvalue weighted by Crippen LogP contribution is 2.28. The zero-order valence-electron chi connectivity index (χ0n) is 18.5. The third kappa shape index (κ3) is 5.57. The van der Waals surface area contributed by atoms with Crippen LogP contribution in [0.2, 0.25) is 0 Å². The van der Waals surface area contributed by atoms with E-state index in [4.69, 9.17) is 19.7 Å². The number of fused-ring (bicyclic) bond motifs is 1. The first-order valence-electron chi connectivity index (χ1n) is 10.4. The summed E-state index contributed by atoms with van der Waals surface area (Å²) in [5, 5.41) is 14.5. The van der Waals surface area contributed by atoms with Gasteiger partial charge in [-0.25, -0.2) is 9.59 Å². The zero-order chi connectivity index (χ0) is 23.8. The summed E-state index contributed by atoms with van der Waals surface area (Å²) in [4.78, 5) is 34.5. The van der Waals surface area contributed by atoms with Gasteiger partial charge in [0.05, 0.1) is 24.1 Å². The molecule has 0 saturated heterocycles. The van der Waals surface area contributed by atoms with Gasteiger partial charge in [-0.05, 0) is 30.7 Å². The molecule has 0 unspecified atom stereocenters.